The van der Waals surface area contributed by atoms with E-state index in [-0.39, 0.29) is 0 Å². The largest absolute Gasteiger partial charge is 0.448 e. The van der Waals surface area contributed by atoms with E-state index in [1.807, 2.05) is 0 Å². The predicted molar refractivity (Wildman–Crippen MR) is 88.5 cm³/mol. The van der Waals surface area contributed by atoms with E-state index in [0.717, 1.165) is 0 Å². The number of hydrogen-bond acceptors (Lipinski definition) is 2. The van der Waals surface area contributed by atoms with Gasteiger partial charge in [0.2, 0.25) is 0 Å². The number of hydrogen-bond donors (Lipinski definition) is 0. The summed E-state index contributed by atoms with van der Waals surface area (Å²) >= 11 is 31.0. The van der Waals surface area contributed by atoms with Crippen molar-refractivity contribution in [3.05, 3.63) is 41.2 Å². The number of benzene rings is 2. The van der Waals surface area contributed by atoms with E-state index in [1.54, 1.807) is 12.1 Å². The Bertz CT molecular complexity index is 687. The lowest BCUT2D eigenvalue weighted by Gasteiger charge is -2.24. The van der Waals surface area contributed by atoms with Crippen LogP contribution in [0.25, 0.3) is 0 Å². The molecule has 0 unspecified atom stereocenters. The van der Waals surface area contributed by atoms with Gasteiger partial charge in [-0.15, -0.1) is 0 Å². The fourth-order valence-electron chi connectivity index (χ4n) is 1.66. The molecule has 3 rings (SSSR count). The molecule has 8 heteroatoms. The summed E-state index contributed by atoms with van der Waals surface area (Å²) in [6.07, 6.45) is 0. The molecular weight excluding hydrogens is 478 g/mol. The third-order valence-corrected chi connectivity index (χ3v) is 6.61. The average molecular weight is 480 g/mol. The topological polar surface area (TPSA) is 18.5 Å². The molecule has 20 heavy (non-hydrogen) atoms. The predicted octanol–water partition coefficient (Wildman–Crippen LogP) is 7.72. The fraction of sp³-hybridized carbons (Fsp3) is 0. The molecular formula is C12H2Br2Cl4O2. The maximum atomic E-state index is 6.23. The van der Waals surface area contributed by atoms with Gasteiger partial charge in [0.05, 0.1) is 19.0 Å². The summed E-state index contributed by atoms with van der Waals surface area (Å²) in [5.41, 5.74) is 0. The van der Waals surface area contributed by atoms with Crippen molar-refractivity contribution >= 4 is 78.3 Å². The van der Waals surface area contributed by atoms with Crippen molar-refractivity contribution in [2.75, 3.05) is 0 Å². The van der Waals surface area contributed by atoms with Crippen LogP contribution in [0.15, 0.2) is 21.1 Å². The van der Waals surface area contributed by atoms with E-state index in [9.17, 15) is 0 Å². The summed E-state index contributed by atoms with van der Waals surface area (Å²) in [5, 5.41) is 1.40. The molecule has 0 aliphatic carbocycles. The minimum Gasteiger partial charge on any atom is -0.448 e. The maximum Gasteiger partial charge on any atom is 0.191 e. The zero-order valence-electron chi connectivity index (χ0n) is 9.24. The van der Waals surface area contributed by atoms with Crippen molar-refractivity contribution in [2.24, 2.45) is 0 Å². The summed E-state index contributed by atoms with van der Waals surface area (Å²) in [6.45, 7) is 0. The lowest BCUT2D eigenvalue weighted by Crippen LogP contribution is -2.01. The number of halogens is 6. The summed E-state index contributed by atoms with van der Waals surface area (Å²) in [7, 11) is 0. The van der Waals surface area contributed by atoms with Gasteiger partial charge in [0.25, 0.3) is 0 Å². The number of fused-ring (bicyclic) bond motifs is 2. The molecule has 0 saturated heterocycles. The fourth-order valence-corrected chi connectivity index (χ4v) is 3.39. The standard InChI is InChI=1S/C12H2Br2Cl4O2/c13-7-8(14)10(18)12-11(9(7)17)19-5-1-3(15)4(16)2-6(5)20-12/h1-2H. The SMILES string of the molecule is Clc1cc2c(cc1Cl)Oc1c(Cl)c(Br)c(Br)c(Cl)c1O2. The Kier molecular flexibility index (Phi) is 4.08. The second kappa shape index (κ2) is 5.41. The van der Waals surface area contributed by atoms with Gasteiger partial charge in [-0.05, 0) is 31.9 Å². The molecule has 0 aromatic heterocycles. The summed E-state index contributed by atoms with van der Waals surface area (Å²) < 4.78 is 12.6. The Morgan fingerprint density at radius 2 is 1.05 bits per heavy atom. The normalized spacial score (nSPS) is 12.3. The van der Waals surface area contributed by atoms with Crippen LogP contribution >= 0.6 is 78.3 Å². The quantitative estimate of drug-likeness (QED) is 0.243. The highest BCUT2D eigenvalue weighted by molar-refractivity contribution is 9.13. The van der Waals surface area contributed by atoms with E-state index in [4.69, 9.17) is 55.9 Å². The van der Waals surface area contributed by atoms with Crippen molar-refractivity contribution < 1.29 is 9.47 Å². The number of ether oxygens (including phenoxy) is 2. The Hall–Kier alpha value is 0.160. The van der Waals surface area contributed by atoms with E-state index >= 15 is 0 Å². The zero-order chi connectivity index (χ0) is 14.6. The van der Waals surface area contributed by atoms with Crippen LogP contribution in [0.5, 0.6) is 23.0 Å². The van der Waals surface area contributed by atoms with Crippen LogP contribution in [0.1, 0.15) is 0 Å². The Balaban J connectivity index is 2.23. The first-order valence-corrected chi connectivity index (χ1v) is 8.20. The van der Waals surface area contributed by atoms with Crippen LogP contribution in [-0.2, 0) is 0 Å². The highest BCUT2D eigenvalue weighted by atomic mass is 79.9. The molecule has 0 saturated carbocycles. The molecule has 2 aromatic carbocycles. The summed E-state index contributed by atoms with van der Waals surface area (Å²) in [4.78, 5) is 0. The first-order chi connectivity index (χ1) is 9.40. The van der Waals surface area contributed by atoms with Gasteiger partial charge in [0, 0.05) is 12.1 Å². The van der Waals surface area contributed by atoms with Gasteiger partial charge < -0.3 is 9.47 Å². The Morgan fingerprint density at radius 1 is 0.700 bits per heavy atom. The number of rotatable bonds is 0. The van der Waals surface area contributed by atoms with Crippen molar-refractivity contribution in [1.29, 1.82) is 0 Å². The summed E-state index contributed by atoms with van der Waals surface area (Å²) in [5.74, 6) is 1.47. The Labute approximate surface area is 151 Å². The van der Waals surface area contributed by atoms with Crippen LogP contribution in [-0.4, -0.2) is 0 Å². The van der Waals surface area contributed by atoms with Crippen LogP contribution in [0.3, 0.4) is 0 Å². The van der Waals surface area contributed by atoms with E-state index in [0.29, 0.717) is 52.0 Å². The van der Waals surface area contributed by atoms with Crippen molar-refractivity contribution in [3.63, 3.8) is 0 Å². The zero-order valence-corrected chi connectivity index (χ0v) is 15.4. The smallest absolute Gasteiger partial charge is 0.191 e. The molecule has 2 aromatic rings. The van der Waals surface area contributed by atoms with Crippen LogP contribution in [0.2, 0.25) is 20.1 Å². The second-order valence-corrected chi connectivity index (χ2v) is 6.99. The lowest BCUT2D eigenvalue weighted by atomic mass is 10.2. The highest BCUT2D eigenvalue weighted by Gasteiger charge is 2.29. The molecule has 1 heterocycles. The molecule has 1 aliphatic rings. The monoisotopic (exact) mass is 476 g/mol. The third kappa shape index (κ3) is 2.31. The van der Waals surface area contributed by atoms with Gasteiger partial charge in [0.1, 0.15) is 10.0 Å². The van der Waals surface area contributed by atoms with E-state index in [2.05, 4.69) is 31.9 Å². The molecule has 2 nitrogen and oxygen atoms in total. The molecule has 0 radical (unpaired) electrons. The van der Waals surface area contributed by atoms with Crippen molar-refractivity contribution in [1.82, 2.24) is 0 Å². The van der Waals surface area contributed by atoms with Crippen molar-refractivity contribution in [3.8, 4) is 23.0 Å². The molecule has 0 N–H and O–H groups in total. The first-order valence-electron chi connectivity index (χ1n) is 5.11. The molecule has 0 amide bonds. The average Bonchev–Trinajstić information content (AvgIpc) is 2.43. The molecule has 104 valence electrons. The Morgan fingerprint density at radius 3 is 1.40 bits per heavy atom. The molecule has 0 atom stereocenters. The van der Waals surface area contributed by atoms with Gasteiger partial charge >= 0.3 is 0 Å². The lowest BCUT2D eigenvalue weighted by molar-refractivity contribution is 0.359. The van der Waals surface area contributed by atoms with Crippen LogP contribution < -0.4 is 9.47 Å². The van der Waals surface area contributed by atoms with Gasteiger partial charge in [-0.3, -0.25) is 0 Å². The maximum absolute atomic E-state index is 6.23. The molecule has 0 fully saturated rings. The third-order valence-electron chi connectivity index (χ3n) is 2.59. The van der Waals surface area contributed by atoms with Gasteiger partial charge in [0.15, 0.2) is 23.0 Å². The summed E-state index contributed by atoms with van der Waals surface area (Å²) in [6, 6.07) is 3.12. The van der Waals surface area contributed by atoms with Crippen LogP contribution in [0.4, 0.5) is 0 Å². The van der Waals surface area contributed by atoms with Crippen molar-refractivity contribution in [2.45, 2.75) is 0 Å². The minimum atomic E-state index is 0.317. The van der Waals surface area contributed by atoms with Gasteiger partial charge in [-0.1, -0.05) is 46.4 Å². The highest BCUT2D eigenvalue weighted by Crippen LogP contribution is 2.57. The van der Waals surface area contributed by atoms with E-state index in [1.165, 1.54) is 0 Å². The molecule has 0 spiro atoms. The molecule has 0 bridgehead atoms. The van der Waals surface area contributed by atoms with Crippen LogP contribution in [0, 0.1) is 0 Å². The van der Waals surface area contributed by atoms with Gasteiger partial charge in [-0.2, -0.15) is 0 Å². The molecule has 1 aliphatic heterocycles. The van der Waals surface area contributed by atoms with E-state index < -0.39 is 0 Å². The second-order valence-electron chi connectivity index (χ2n) is 3.83. The first kappa shape index (κ1) is 15.1. The minimum absolute atomic E-state index is 0.317. The van der Waals surface area contributed by atoms with Gasteiger partial charge in [-0.25, -0.2) is 0 Å².